The zero-order valence-corrected chi connectivity index (χ0v) is 19.2. The lowest BCUT2D eigenvalue weighted by molar-refractivity contribution is 0.0729. The van der Waals surface area contributed by atoms with Crippen LogP contribution in [0.15, 0.2) is 48.5 Å². The fraction of sp³-hybridized carbons (Fsp3) is 0.391. The smallest absolute Gasteiger partial charge is 0.255 e. The summed E-state index contributed by atoms with van der Waals surface area (Å²) >= 11 is 0. The van der Waals surface area contributed by atoms with Crippen LogP contribution in [0.25, 0.3) is 0 Å². The van der Waals surface area contributed by atoms with E-state index >= 15 is 0 Å². The van der Waals surface area contributed by atoms with Crippen molar-refractivity contribution in [2.24, 2.45) is 0 Å². The van der Waals surface area contributed by atoms with Crippen molar-refractivity contribution in [1.29, 1.82) is 0 Å². The second kappa shape index (κ2) is 10.7. The van der Waals surface area contributed by atoms with Crippen molar-refractivity contribution in [2.45, 2.75) is 32.1 Å². The largest absolute Gasteiger partial charge is 0.379 e. The Balaban J connectivity index is 1.67. The van der Waals surface area contributed by atoms with E-state index in [2.05, 4.69) is 10.6 Å². The summed E-state index contributed by atoms with van der Waals surface area (Å²) in [7, 11) is -3.44. The number of carbonyl (C=O) groups is 2. The van der Waals surface area contributed by atoms with E-state index in [1.165, 1.54) is 4.31 Å². The third kappa shape index (κ3) is 6.15. The number of para-hydroxylation sites is 1. The van der Waals surface area contributed by atoms with E-state index in [0.717, 1.165) is 6.42 Å². The summed E-state index contributed by atoms with van der Waals surface area (Å²) in [6.07, 6.45) is 0.799. The normalized spacial score (nSPS) is 15.7. The Hall–Kier alpha value is -2.75. The summed E-state index contributed by atoms with van der Waals surface area (Å²) in [5, 5.41) is 5.67. The van der Waals surface area contributed by atoms with E-state index in [1.54, 1.807) is 48.5 Å². The van der Waals surface area contributed by atoms with Crippen molar-refractivity contribution in [3.05, 3.63) is 65.2 Å². The monoisotopic (exact) mass is 459 g/mol. The summed E-state index contributed by atoms with van der Waals surface area (Å²) < 4.78 is 31.8. The van der Waals surface area contributed by atoms with Gasteiger partial charge in [-0.05, 0) is 43.2 Å². The van der Waals surface area contributed by atoms with Crippen molar-refractivity contribution in [3.8, 4) is 0 Å². The fourth-order valence-corrected chi connectivity index (χ4v) is 4.77. The second-order valence-corrected chi connectivity index (χ2v) is 9.72. The average molecular weight is 460 g/mol. The molecule has 1 atom stereocenters. The summed E-state index contributed by atoms with van der Waals surface area (Å²) in [6, 6.07) is 13.3. The lowest BCUT2D eigenvalue weighted by Crippen LogP contribution is -2.41. The van der Waals surface area contributed by atoms with Gasteiger partial charge in [0.1, 0.15) is 0 Å². The maximum absolute atomic E-state index is 12.7. The number of morpholine rings is 1. The van der Waals surface area contributed by atoms with Gasteiger partial charge in [-0.25, -0.2) is 8.42 Å². The highest BCUT2D eigenvalue weighted by Crippen LogP contribution is 2.18. The van der Waals surface area contributed by atoms with Crippen LogP contribution in [0.2, 0.25) is 0 Å². The van der Waals surface area contributed by atoms with Gasteiger partial charge in [0.2, 0.25) is 10.0 Å². The number of sulfonamides is 1. The highest BCUT2D eigenvalue weighted by Gasteiger charge is 2.24. The van der Waals surface area contributed by atoms with Gasteiger partial charge in [0.05, 0.1) is 30.2 Å². The zero-order chi connectivity index (χ0) is 23.1. The molecule has 0 saturated carbocycles. The van der Waals surface area contributed by atoms with Crippen LogP contribution >= 0.6 is 0 Å². The lowest BCUT2D eigenvalue weighted by atomic mass is 10.1. The number of nitrogens with zero attached hydrogens (tertiary/aromatic N) is 1. The second-order valence-electron chi connectivity index (χ2n) is 7.75. The molecule has 172 valence electrons. The molecule has 2 aromatic rings. The van der Waals surface area contributed by atoms with Gasteiger partial charge < -0.3 is 15.4 Å². The van der Waals surface area contributed by atoms with Crippen LogP contribution in [0.5, 0.6) is 0 Å². The maximum atomic E-state index is 12.7. The fourth-order valence-electron chi connectivity index (χ4n) is 3.27. The Morgan fingerprint density at radius 1 is 1.03 bits per heavy atom. The van der Waals surface area contributed by atoms with E-state index in [4.69, 9.17) is 4.74 Å². The van der Waals surface area contributed by atoms with Gasteiger partial charge in [-0.3, -0.25) is 9.59 Å². The molecule has 0 aliphatic carbocycles. The van der Waals surface area contributed by atoms with Crippen molar-refractivity contribution >= 4 is 27.5 Å². The first kappa shape index (κ1) is 23.9. The molecule has 0 unspecified atom stereocenters. The van der Waals surface area contributed by atoms with E-state index in [-0.39, 0.29) is 23.6 Å². The minimum atomic E-state index is -3.44. The van der Waals surface area contributed by atoms with Crippen LogP contribution < -0.4 is 10.6 Å². The third-order valence-corrected chi connectivity index (χ3v) is 7.19. The number of hydrogen-bond donors (Lipinski definition) is 2. The Labute approximate surface area is 189 Å². The minimum Gasteiger partial charge on any atom is -0.379 e. The molecule has 32 heavy (non-hydrogen) atoms. The summed E-state index contributed by atoms with van der Waals surface area (Å²) in [4.78, 5) is 25.3. The van der Waals surface area contributed by atoms with E-state index < -0.39 is 10.0 Å². The van der Waals surface area contributed by atoms with Crippen molar-refractivity contribution in [2.75, 3.05) is 31.6 Å². The minimum absolute atomic E-state index is 0.0209. The number of amides is 2. The van der Waals surface area contributed by atoms with E-state index in [0.29, 0.717) is 48.7 Å². The molecule has 3 rings (SSSR count). The van der Waals surface area contributed by atoms with E-state index in [9.17, 15) is 18.0 Å². The van der Waals surface area contributed by atoms with Crippen molar-refractivity contribution in [3.63, 3.8) is 0 Å². The van der Waals surface area contributed by atoms with Crippen LogP contribution in [0.4, 0.5) is 5.69 Å². The Kier molecular flexibility index (Phi) is 8.00. The molecule has 9 heteroatoms. The number of nitrogens with one attached hydrogen (secondary N) is 2. The molecule has 0 bridgehead atoms. The molecule has 1 fully saturated rings. The van der Waals surface area contributed by atoms with E-state index in [1.807, 2.05) is 13.8 Å². The van der Waals surface area contributed by atoms with Gasteiger partial charge in [-0.1, -0.05) is 31.2 Å². The first-order valence-electron chi connectivity index (χ1n) is 10.7. The average Bonchev–Trinajstić information content (AvgIpc) is 2.80. The van der Waals surface area contributed by atoms with Gasteiger partial charge in [0, 0.05) is 24.7 Å². The molecule has 1 aliphatic rings. The standard InChI is InChI=1S/C23H29N3O5S/c1-3-17(2)24-23(28)20-6-4-5-7-21(20)25-22(27)19-10-8-18(9-11-19)16-32(29,30)26-12-14-31-15-13-26/h4-11,17H,3,12-16H2,1-2H3,(H,24,28)(H,25,27)/t17-/m1/s1. The van der Waals surface area contributed by atoms with Crippen LogP contribution in [-0.2, 0) is 20.5 Å². The Morgan fingerprint density at radius 2 is 1.69 bits per heavy atom. The number of carbonyl (C=O) groups excluding carboxylic acids is 2. The zero-order valence-electron chi connectivity index (χ0n) is 18.3. The molecule has 2 aromatic carbocycles. The molecule has 0 aromatic heterocycles. The summed E-state index contributed by atoms with van der Waals surface area (Å²) in [5.74, 6) is -0.761. The van der Waals surface area contributed by atoms with Crippen molar-refractivity contribution < 1.29 is 22.7 Å². The SMILES string of the molecule is CC[C@@H](C)NC(=O)c1ccccc1NC(=O)c1ccc(CS(=O)(=O)N2CCOCC2)cc1. The predicted octanol–water partition coefficient (Wildman–Crippen LogP) is 2.63. The molecule has 1 heterocycles. The quantitative estimate of drug-likeness (QED) is 0.631. The summed E-state index contributed by atoms with van der Waals surface area (Å²) in [6.45, 7) is 5.40. The molecule has 8 nitrogen and oxygen atoms in total. The first-order valence-corrected chi connectivity index (χ1v) is 12.3. The molecular weight excluding hydrogens is 430 g/mol. The number of hydrogen-bond acceptors (Lipinski definition) is 5. The van der Waals surface area contributed by atoms with Crippen molar-refractivity contribution in [1.82, 2.24) is 9.62 Å². The molecule has 2 amide bonds. The predicted molar refractivity (Wildman–Crippen MR) is 123 cm³/mol. The highest BCUT2D eigenvalue weighted by atomic mass is 32.2. The Bertz CT molecular complexity index is 1050. The van der Waals surface area contributed by atoms with Crippen LogP contribution in [0.1, 0.15) is 46.5 Å². The molecule has 1 saturated heterocycles. The number of ether oxygens (including phenoxy) is 1. The van der Waals surface area contributed by atoms with Gasteiger partial charge in [0.15, 0.2) is 0 Å². The maximum Gasteiger partial charge on any atom is 0.255 e. The molecule has 2 N–H and O–H groups in total. The lowest BCUT2D eigenvalue weighted by Gasteiger charge is -2.26. The molecular formula is C23H29N3O5S. The first-order chi connectivity index (χ1) is 15.3. The topological polar surface area (TPSA) is 105 Å². The Morgan fingerprint density at radius 3 is 2.34 bits per heavy atom. The van der Waals surface area contributed by atoms with Crippen LogP contribution in [-0.4, -0.2) is 56.9 Å². The third-order valence-electron chi connectivity index (χ3n) is 5.34. The molecule has 0 spiro atoms. The molecule has 0 radical (unpaired) electrons. The summed E-state index contributed by atoms with van der Waals surface area (Å²) in [5.41, 5.74) is 1.77. The van der Waals surface area contributed by atoms with Gasteiger partial charge in [-0.2, -0.15) is 4.31 Å². The number of rotatable bonds is 8. The molecule has 1 aliphatic heterocycles. The van der Waals surface area contributed by atoms with Gasteiger partial charge in [-0.15, -0.1) is 0 Å². The number of anilines is 1. The van der Waals surface area contributed by atoms with Crippen LogP contribution in [0.3, 0.4) is 0 Å². The highest BCUT2D eigenvalue weighted by molar-refractivity contribution is 7.88. The van der Waals surface area contributed by atoms with Gasteiger partial charge in [0.25, 0.3) is 11.8 Å². The van der Waals surface area contributed by atoms with Crippen LogP contribution in [0, 0.1) is 0 Å². The van der Waals surface area contributed by atoms with Gasteiger partial charge >= 0.3 is 0 Å². The number of benzene rings is 2.